The van der Waals surface area contributed by atoms with Gasteiger partial charge in [0, 0.05) is 6.54 Å². The van der Waals surface area contributed by atoms with Crippen LogP contribution in [0.15, 0.2) is 0 Å². The summed E-state index contributed by atoms with van der Waals surface area (Å²) >= 11 is 0. The minimum atomic E-state index is -1.01. The van der Waals surface area contributed by atoms with Crippen molar-refractivity contribution in [3.8, 4) is 0 Å². The van der Waals surface area contributed by atoms with E-state index in [0.717, 1.165) is 0 Å². The molecule has 11 heavy (non-hydrogen) atoms. The molecule has 5 heteroatoms. The van der Waals surface area contributed by atoms with Crippen molar-refractivity contribution >= 4 is 12.4 Å². The number of carboxylic acid groups (broad SMARTS) is 1. The Labute approximate surface area is 64.8 Å². The van der Waals surface area contributed by atoms with Crippen LogP contribution in [0, 0.1) is 0 Å². The maximum Gasteiger partial charge on any atom is 0.323 e. The van der Waals surface area contributed by atoms with E-state index in [4.69, 9.17) is 10.8 Å². The van der Waals surface area contributed by atoms with E-state index in [2.05, 4.69) is 0 Å². The standard InChI is InChI=1S/C6H12N2O3/c7-2-1-3-8(5-9)4-6(10)11/h5H,1-4,7H2,(H,10,11). The van der Waals surface area contributed by atoms with Crippen LogP contribution >= 0.6 is 0 Å². The third-order valence-corrected chi connectivity index (χ3v) is 1.14. The molecule has 5 nitrogen and oxygen atoms in total. The molecule has 0 spiro atoms. The molecular weight excluding hydrogens is 148 g/mol. The normalized spacial score (nSPS) is 9.18. The number of nitrogens with two attached hydrogens (primary N) is 1. The molecule has 0 fully saturated rings. The van der Waals surface area contributed by atoms with Crippen molar-refractivity contribution in [1.29, 1.82) is 0 Å². The summed E-state index contributed by atoms with van der Waals surface area (Å²) in [6, 6.07) is 0. The summed E-state index contributed by atoms with van der Waals surface area (Å²) < 4.78 is 0. The Morgan fingerprint density at radius 1 is 1.64 bits per heavy atom. The predicted octanol–water partition coefficient (Wildman–Crippen LogP) is -1.12. The second kappa shape index (κ2) is 5.67. The van der Waals surface area contributed by atoms with E-state index >= 15 is 0 Å². The van der Waals surface area contributed by atoms with E-state index in [1.807, 2.05) is 0 Å². The van der Waals surface area contributed by atoms with Gasteiger partial charge in [0.15, 0.2) is 0 Å². The first-order valence-corrected chi connectivity index (χ1v) is 3.32. The molecule has 0 unspecified atom stereocenters. The lowest BCUT2D eigenvalue weighted by Crippen LogP contribution is -2.30. The zero-order valence-corrected chi connectivity index (χ0v) is 6.19. The van der Waals surface area contributed by atoms with Gasteiger partial charge >= 0.3 is 5.97 Å². The molecule has 0 rings (SSSR count). The summed E-state index contributed by atoms with van der Waals surface area (Å²) in [4.78, 5) is 21.4. The van der Waals surface area contributed by atoms with Gasteiger partial charge in [-0.1, -0.05) is 0 Å². The Morgan fingerprint density at radius 3 is 2.64 bits per heavy atom. The molecule has 3 N–H and O–H groups in total. The largest absolute Gasteiger partial charge is 0.480 e. The zero-order valence-electron chi connectivity index (χ0n) is 6.19. The first-order chi connectivity index (χ1) is 5.20. The minimum Gasteiger partial charge on any atom is -0.480 e. The molecule has 0 saturated heterocycles. The van der Waals surface area contributed by atoms with Crippen molar-refractivity contribution in [2.45, 2.75) is 6.42 Å². The summed E-state index contributed by atoms with van der Waals surface area (Å²) in [5.74, 6) is -1.01. The molecule has 0 radical (unpaired) electrons. The average Bonchev–Trinajstić information content (AvgIpc) is 1.97. The first-order valence-electron chi connectivity index (χ1n) is 3.32. The summed E-state index contributed by atoms with van der Waals surface area (Å²) in [6.07, 6.45) is 1.15. The molecule has 0 aromatic carbocycles. The fourth-order valence-corrected chi connectivity index (χ4v) is 0.637. The first kappa shape index (κ1) is 9.90. The SMILES string of the molecule is NCCCN(C=O)CC(=O)O. The smallest absolute Gasteiger partial charge is 0.323 e. The van der Waals surface area contributed by atoms with Gasteiger partial charge in [0.2, 0.25) is 6.41 Å². The lowest BCUT2D eigenvalue weighted by atomic mass is 10.4. The van der Waals surface area contributed by atoms with Crippen molar-refractivity contribution < 1.29 is 14.7 Å². The van der Waals surface area contributed by atoms with Crippen molar-refractivity contribution in [2.75, 3.05) is 19.6 Å². The van der Waals surface area contributed by atoms with Crippen molar-refractivity contribution in [2.24, 2.45) is 5.73 Å². The summed E-state index contributed by atoms with van der Waals surface area (Å²) in [6.45, 7) is 0.625. The van der Waals surface area contributed by atoms with Gasteiger partial charge in [-0.3, -0.25) is 9.59 Å². The number of hydrogen-bond acceptors (Lipinski definition) is 3. The topological polar surface area (TPSA) is 83.6 Å². The second-order valence-corrected chi connectivity index (χ2v) is 2.11. The van der Waals surface area contributed by atoms with Crippen LogP contribution in [-0.2, 0) is 9.59 Å². The molecule has 0 aromatic heterocycles. The average molecular weight is 160 g/mol. The highest BCUT2D eigenvalue weighted by atomic mass is 16.4. The van der Waals surface area contributed by atoms with Gasteiger partial charge in [0.25, 0.3) is 0 Å². The van der Waals surface area contributed by atoms with E-state index in [0.29, 0.717) is 25.9 Å². The highest BCUT2D eigenvalue weighted by molar-refractivity contribution is 5.71. The number of carboxylic acids is 1. The number of rotatable bonds is 6. The second-order valence-electron chi connectivity index (χ2n) is 2.11. The van der Waals surface area contributed by atoms with E-state index < -0.39 is 5.97 Å². The monoisotopic (exact) mass is 160 g/mol. The van der Waals surface area contributed by atoms with Crippen LogP contribution in [-0.4, -0.2) is 42.0 Å². The predicted molar refractivity (Wildman–Crippen MR) is 38.9 cm³/mol. The van der Waals surface area contributed by atoms with E-state index in [9.17, 15) is 9.59 Å². The Hall–Kier alpha value is -1.10. The molecule has 64 valence electrons. The van der Waals surface area contributed by atoms with Crippen LogP contribution in [0.2, 0.25) is 0 Å². The molecule has 0 bridgehead atoms. The van der Waals surface area contributed by atoms with Crippen molar-refractivity contribution in [1.82, 2.24) is 4.90 Å². The summed E-state index contributed by atoms with van der Waals surface area (Å²) in [5, 5.41) is 8.28. The third kappa shape index (κ3) is 5.35. The fraction of sp³-hybridized carbons (Fsp3) is 0.667. The summed E-state index contributed by atoms with van der Waals surface area (Å²) in [7, 11) is 0. The summed E-state index contributed by atoms with van der Waals surface area (Å²) in [5.41, 5.74) is 5.17. The lowest BCUT2D eigenvalue weighted by Gasteiger charge is -2.12. The quantitative estimate of drug-likeness (QED) is 0.482. The van der Waals surface area contributed by atoms with Gasteiger partial charge in [-0.15, -0.1) is 0 Å². The van der Waals surface area contributed by atoms with E-state index in [-0.39, 0.29) is 6.54 Å². The molecule has 1 amide bonds. The molecular formula is C6H12N2O3. The number of amides is 1. The number of carbonyl (C=O) groups excluding carboxylic acids is 1. The Bertz CT molecular complexity index is 138. The van der Waals surface area contributed by atoms with Crippen molar-refractivity contribution in [3.63, 3.8) is 0 Å². The molecule has 0 atom stereocenters. The lowest BCUT2D eigenvalue weighted by molar-refractivity contribution is -0.140. The van der Waals surface area contributed by atoms with Crippen LogP contribution < -0.4 is 5.73 Å². The Morgan fingerprint density at radius 2 is 2.27 bits per heavy atom. The van der Waals surface area contributed by atoms with Gasteiger partial charge < -0.3 is 15.7 Å². The van der Waals surface area contributed by atoms with Crippen molar-refractivity contribution in [3.05, 3.63) is 0 Å². The van der Waals surface area contributed by atoms with Crippen LogP contribution in [0.25, 0.3) is 0 Å². The Kier molecular flexibility index (Phi) is 5.10. The highest BCUT2D eigenvalue weighted by Gasteiger charge is 2.04. The van der Waals surface area contributed by atoms with Crippen LogP contribution in [0.4, 0.5) is 0 Å². The number of carbonyl (C=O) groups is 2. The highest BCUT2D eigenvalue weighted by Crippen LogP contribution is 1.85. The Balaban J connectivity index is 3.57. The van der Waals surface area contributed by atoms with E-state index in [1.165, 1.54) is 4.90 Å². The molecule has 0 aliphatic rings. The van der Waals surface area contributed by atoms with Crippen LogP contribution in [0.3, 0.4) is 0 Å². The molecule has 0 aromatic rings. The van der Waals surface area contributed by atoms with E-state index in [1.54, 1.807) is 0 Å². The number of hydrogen-bond donors (Lipinski definition) is 2. The maximum atomic E-state index is 10.2. The van der Waals surface area contributed by atoms with Gasteiger partial charge in [0.05, 0.1) is 0 Å². The third-order valence-electron chi connectivity index (χ3n) is 1.14. The van der Waals surface area contributed by atoms with Crippen LogP contribution in [0.5, 0.6) is 0 Å². The molecule has 0 aliphatic heterocycles. The zero-order chi connectivity index (χ0) is 8.69. The van der Waals surface area contributed by atoms with Gasteiger partial charge in [0.1, 0.15) is 6.54 Å². The number of aliphatic carboxylic acids is 1. The van der Waals surface area contributed by atoms with Gasteiger partial charge in [-0.25, -0.2) is 0 Å². The minimum absolute atomic E-state index is 0.247. The molecule has 0 aliphatic carbocycles. The number of nitrogens with zero attached hydrogens (tertiary/aromatic N) is 1. The fourth-order valence-electron chi connectivity index (χ4n) is 0.637. The van der Waals surface area contributed by atoms with Crippen LogP contribution in [0.1, 0.15) is 6.42 Å². The maximum absolute atomic E-state index is 10.2. The molecule has 0 saturated carbocycles. The van der Waals surface area contributed by atoms with Gasteiger partial charge in [-0.2, -0.15) is 0 Å². The van der Waals surface area contributed by atoms with Gasteiger partial charge in [-0.05, 0) is 13.0 Å². The molecule has 0 heterocycles.